The van der Waals surface area contributed by atoms with Crippen molar-refractivity contribution >= 4 is 0 Å². The van der Waals surface area contributed by atoms with E-state index < -0.39 is 0 Å². The van der Waals surface area contributed by atoms with E-state index in [0.717, 1.165) is 42.4 Å². The summed E-state index contributed by atoms with van der Waals surface area (Å²) in [5.41, 5.74) is 2.64. The lowest BCUT2D eigenvalue weighted by atomic mass is 9.47. The topological polar surface area (TPSA) is 20.2 Å². The summed E-state index contributed by atoms with van der Waals surface area (Å²) in [5.74, 6) is 4.69. The van der Waals surface area contributed by atoms with Crippen LogP contribution in [0.1, 0.15) is 118 Å². The van der Waals surface area contributed by atoms with E-state index in [2.05, 4.69) is 33.8 Å². The first-order chi connectivity index (χ1) is 13.9. The zero-order valence-corrected chi connectivity index (χ0v) is 19.9. The second-order valence-corrected chi connectivity index (χ2v) is 12.2. The summed E-state index contributed by atoms with van der Waals surface area (Å²) in [6.45, 7) is 10.1. The molecule has 166 valence electrons. The second kappa shape index (κ2) is 8.68. The lowest BCUT2D eigenvalue weighted by molar-refractivity contribution is -0.0509. The molecule has 0 aromatic carbocycles. The summed E-state index contributed by atoms with van der Waals surface area (Å²) < 4.78 is 0. The number of unbranched alkanes of at least 4 members (excludes halogenated alkanes) is 1. The lowest BCUT2D eigenvalue weighted by Gasteiger charge is -2.58. The van der Waals surface area contributed by atoms with Gasteiger partial charge in [-0.15, -0.1) is 0 Å². The molecule has 3 fully saturated rings. The van der Waals surface area contributed by atoms with Gasteiger partial charge in [-0.05, 0) is 98.2 Å². The molecule has 4 aliphatic carbocycles. The van der Waals surface area contributed by atoms with Crippen molar-refractivity contribution in [2.45, 2.75) is 124 Å². The van der Waals surface area contributed by atoms with E-state index >= 15 is 0 Å². The Morgan fingerprint density at radius 2 is 1.83 bits per heavy atom. The van der Waals surface area contributed by atoms with Crippen molar-refractivity contribution in [3.8, 4) is 0 Å². The largest absolute Gasteiger partial charge is 0.393 e. The third-order valence-corrected chi connectivity index (χ3v) is 10.6. The first kappa shape index (κ1) is 21.9. The van der Waals surface area contributed by atoms with Crippen molar-refractivity contribution in [1.82, 2.24) is 0 Å². The zero-order valence-electron chi connectivity index (χ0n) is 19.9. The molecular weight excluding hydrogens is 352 g/mol. The van der Waals surface area contributed by atoms with E-state index in [9.17, 15) is 5.11 Å². The van der Waals surface area contributed by atoms with Crippen molar-refractivity contribution in [2.24, 2.45) is 40.4 Å². The number of aliphatic hydroxyl groups excluding tert-OH is 1. The van der Waals surface area contributed by atoms with Crippen LogP contribution < -0.4 is 0 Å². The van der Waals surface area contributed by atoms with Crippen LogP contribution in [0.4, 0.5) is 0 Å². The smallest absolute Gasteiger partial charge is 0.0577 e. The molecule has 0 saturated heterocycles. The molecule has 0 heterocycles. The highest BCUT2D eigenvalue weighted by Gasteiger charge is 2.58. The number of allylic oxidation sites excluding steroid dienone is 1. The van der Waals surface area contributed by atoms with Gasteiger partial charge in [0.1, 0.15) is 0 Å². The molecule has 1 heteroatoms. The van der Waals surface area contributed by atoms with Gasteiger partial charge in [0.25, 0.3) is 0 Å². The molecule has 1 N–H and O–H groups in total. The minimum absolute atomic E-state index is 0.0738. The molecule has 3 saturated carbocycles. The van der Waals surface area contributed by atoms with Gasteiger partial charge in [-0.1, -0.05) is 71.4 Å². The summed E-state index contributed by atoms with van der Waals surface area (Å²) in [6, 6.07) is 0. The van der Waals surface area contributed by atoms with Gasteiger partial charge in [-0.3, -0.25) is 0 Å². The molecule has 1 nitrogen and oxygen atoms in total. The highest BCUT2D eigenvalue weighted by atomic mass is 16.3. The molecule has 0 bridgehead atoms. The first-order valence-electron chi connectivity index (χ1n) is 13.3. The maximum absolute atomic E-state index is 10.2. The average molecular weight is 401 g/mol. The number of hydrogen-bond acceptors (Lipinski definition) is 1. The minimum atomic E-state index is -0.0738. The van der Waals surface area contributed by atoms with E-state index in [4.69, 9.17) is 0 Å². The monoisotopic (exact) mass is 400 g/mol. The van der Waals surface area contributed by atoms with Crippen LogP contribution in [0.3, 0.4) is 0 Å². The average Bonchev–Trinajstić information content (AvgIpc) is 3.03. The molecule has 0 amide bonds. The van der Waals surface area contributed by atoms with Gasteiger partial charge >= 0.3 is 0 Å². The SMILES string of the molecule is CCCC[C@H](C)CCC[C@H]1CCC2[C@@H]3CC=C4CC(O)CC[C@]4(C)C3CCC21C. The van der Waals surface area contributed by atoms with Crippen LogP contribution in [0.2, 0.25) is 0 Å². The number of fused-ring (bicyclic) bond motifs is 5. The Morgan fingerprint density at radius 3 is 2.62 bits per heavy atom. The molecule has 0 radical (unpaired) electrons. The third kappa shape index (κ3) is 3.99. The fourth-order valence-electron chi connectivity index (χ4n) is 8.63. The third-order valence-electron chi connectivity index (χ3n) is 10.6. The van der Waals surface area contributed by atoms with Gasteiger partial charge in [-0.2, -0.15) is 0 Å². The lowest BCUT2D eigenvalue weighted by Crippen LogP contribution is -2.50. The Balaban J connectivity index is 1.40. The van der Waals surface area contributed by atoms with Crippen LogP contribution in [-0.4, -0.2) is 11.2 Å². The van der Waals surface area contributed by atoms with Crippen molar-refractivity contribution < 1.29 is 5.11 Å². The number of rotatable bonds is 7. The molecule has 4 aliphatic rings. The van der Waals surface area contributed by atoms with Gasteiger partial charge in [0.15, 0.2) is 0 Å². The normalized spacial score (nSPS) is 45.1. The number of hydrogen-bond donors (Lipinski definition) is 1. The standard InChI is InChI=1S/C28H48O/c1-5-6-8-20(2)9-7-10-21-12-14-25-24-13-11-22-19-23(29)15-17-28(22,4)26(24)16-18-27(21,25)3/h11,20-21,23-26,29H,5-10,12-19H2,1-4H3/t20-,21-,23?,24-,25?,26?,27?,28-/m0/s1. The summed E-state index contributed by atoms with van der Waals surface area (Å²) in [7, 11) is 0. The van der Waals surface area contributed by atoms with E-state index in [1.165, 1.54) is 77.0 Å². The fourth-order valence-corrected chi connectivity index (χ4v) is 8.63. The first-order valence-corrected chi connectivity index (χ1v) is 13.3. The summed E-state index contributed by atoms with van der Waals surface area (Å²) >= 11 is 0. The Morgan fingerprint density at radius 1 is 1.03 bits per heavy atom. The summed E-state index contributed by atoms with van der Waals surface area (Å²) in [4.78, 5) is 0. The molecule has 4 rings (SSSR count). The molecule has 0 aromatic rings. The molecule has 0 aliphatic heterocycles. The van der Waals surface area contributed by atoms with E-state index in [1.54, 1.807) is 5.57 Å². The molecule has 4 unspecified atom stereocenters. The van der Waals surface area contributed by atoms with Gasteiger partial charge in [0, 0.05) is 0 Å². The predicted molar refractivity (Wildman–Crippen MR) is 124 cm³/mol. The van der Waals surface area contributed by atoms with Gasteiger partial charge < -0.3 is 5.11 Å². The van der Waals surface area contributed by atoms with Crippen LogP contribution in [0.5, 0.6) is 0 Å². The Bertz CT molecular complexity index is 593. The quantitative estimate of drug-likeness (QED) is 0.430. The Kier molecular flexibility index (Phi) is 6.56. The van der Waals surface area contributed by atoms with Gasteiger partial charge in [-0.25, -0.2) is 0 Å². The predicted octanol–water partition coefficient (Wildman–Crippen LogP) is 7.92. The van der Waals surface area contributed by atoms with E-state index in [1.807, 2.05) is 0 Å². The fraction of sp³-hybridized carbons (Fsp3) is 0.929. The van der Waals surface area contributed by atoms with Crippen LogP contribution in [0.15, 0.2) is 11.6 Å². The van der Waals surface area contributed by atoms with Gasteiger partial charge in [0.2, 0.25) is 0 Å². The minimum Gasteiger partial charge on any atom is -0.393 e. The summed E-state index contributed by atoms with van der Waals surface area (Å²) in [5, 5.41) is 10.2. The van der Waals surface area contributed by atoms with Crippen LogP contribution in [0, 0.1) is 40.4 Å². The summed E-state index contributed by atoms with van der Waals surface area (Å²) in [6.07, 6.45) is 21.6. The van der Waals surface area contributed by atoms with Crippen molar-refractivity contribution in [3.05, 3.63) is 11.6 Å². The van der Waals surface area contributed by atoms with Crippen LogP contribution >= 0.6 is 0 Å². The second-order valence-electron chi connectivity index (χ2n) is 12.2. The molecule has 29 heavy (non-hydrogen) atoms. The molecule has 8 atom stereocenters. The Hall–Kier alpha value is -0.300. The zero-order chi connectivity index (χ0) is 20.6. The molecule has 0 spiro atoms. The van der Waals surface area contributed by atoms with Crippen molar-refractivity contribution in [2.75, 3.05) is 0 Å². The molecule has 0 aromatic heterocycles. The van der Waals surface area contributed by atoms with E-state index in [-0.39, 0.29) is 6.10 Å². The maximum Gasteiger partial charge on any atom is 0.0577 e. The number of aliphatic hydroxyl groups is 1. The highest BCUT2D eigenvalue weighted by molar-refractivity contribution is 5.25. The highest BCUT2D eigenvalue weighted by Crippen LogP contribution is 2.66. The van der Waals surface area contributed by atoms with Crippen molar-refractivity contribution in [3.63, 3.8) is 0 Å². The van der Waals surface area contributed by atoms with Gasteiger partial charge in [0.05, 0.1) is 6.10 Å². The van der Waals surface area contributed by atoms with E-state index in [0.29, 0.717) is 10.8 Å². The molecular formula is C28H48O. The Labute approximate surface area is 181 Å². The maximum atomic E-state index is 10.2. The van der Waals surface area contributed by atoms with Crippen LogP contribution in [0.25, 0.3) is 0 Å². The van der Waals surface area contributed by atoms with Crippen LogP contribution in [-0.2, 0) is 0 Å². The van der Waals surface area contributed by atoms with Crippen molar-refractivity contribution in [1.29, 1.82) is 0 Å².